The van der Waals surface area contributed by atoms with E-state index in [0.717, 1.165) is 0 Å². The molecule has 0 aliphatic carbocycles. The lowest BCUT2D eigenvalue weighted by atomic mass is 10.1. The van der Waals surface area contributed by atoms with E-state index in [9.17, 15) is 24.0 Å². The summed E-state index contributed by atoms with van der Waals surface area (Å²) < 4.78 is 0. The highest BCUT2D eigenvalue weighted by atomic mass is 16.4. The fourth-order valence-corrected chi connectivity index (χ4v) is 4.51. The third-order valence-corrected chi connectivity index (χ3v) is 6.45. The molecule has 4 N–H and O–H groups in total. The first-order valence-corrected chi connectivity index (χ1v) is 12.3. The second-order valence-corrected chi connectivity index (χ2v) is 9.10. The number of carboxylic acids is 1. The van der Waals surface area contributed by atoms with Crippen LogP contribution in [0.3, 0.4) is 0 Å². The molecule has 0 saturated carbocycles. The van der Waals surface area contributed by atoms with E-state index in [-0.39, 0.29) is 37.0 Å². The molecule has 1 unspecified atom stereocenters. The van der Waals surface area contributed by atoms with Gasteiger partial charge in [0.1, 0.15) is 0 Å². The molecule has 11 heteroatoms. The standard InChI is InChI=1S/C27H29N5O6/c1-17-16-31(25(36)18-7-3-2-4-8-18)13-14-32(17)26(37)24(35)20-15-29-23-19(20)9-5-10-21(23)30-27(38)28-12-6-11-22(33)34/h2-5,7-10,15,17,29H,6,11-14,16H2,1H3,(H,33,34)(H2,28,30,38). The number of hydrogen-bond acceptors (Lipinski definition) is 5. The molecule has 2 heterocycles. The van der Waals surface area contributed by atoms with E-state index in [1.54, 1.807) is 47.4 Å². The lowest BCUT2D eigenvalue weighted by Gasteiger charge is -2.39. The number of H-pyrrole nitrogens is 1. The van der Waals surface area contributed by atoms with Crippen LogP contribution in [0.4, 0.5) is 10.5 Å². The molecule has 0 bridgehead atoms. The molecule has 3 aromatic rings. The van der Waals surface area contributed by atoms with Crippen LogP contribution in [0.25, 0.3) is 10.9 Å². The molecule has 1 aromatic heterocycles. The van der Waals surface area contributed by atoms with E-state index in [1.165, 1.54) is 11.1 Å². The van der Waals surface area contributed by atoms with E-state index in [2.05, 4.69) is 15.6 Å². The minimum Gasteiger partial charge on any atom is -0.481 e. The van der Waals surface area contributed by atoms with Gasteiger partial charge < -0.3 is 30.5 Å². The molecule has 2 aromatic carbocycles. The minimum absolute atomic E-state index is 0.0526. The minimum atomic E-state index is -0.938. The summed E-state index contributed by atoms with van der Waals surface area (Å²) in [5.74, 6) is -2.38. The number of benzene rings is 2. The Kier molecular flexibility index (Phi) is 8.05. The number of urea groups is 1. The zero-order valence-corrected chi connectivity index (χ0v) is 20.9. The molecule has 1 aliphatic rings. The number of fused-ring (bicyclic) bond motifs is 1. The number of hydrogen-bond donors (Lipinski definition) is 4. The molecular formula is C27H29N5O6. The van der Waals surface area contributed by atoms with Crippen molar-refractivity contribution in [2.45, 2.75) is 25.8 Å². The van der Waals surface area contributed by atoms with Crippen LogP contribution in [-0.4, -0.2) is 81.7 Å². The molecular weight excluding hydrogens is 490 g/mol. The Hall–Kier alpha value is -4.67. The summed E-state index contributed by atoms with van der Waals surface area (Å²) in [7, 11) is 0. The summed E-state index contributed by atoms with van der Waals surface area (Å²) >= 11 is 0. The summed E-state index contributed by atoms with van der Waals surface area (Å²) in [6, 6.07) is 13.1. The van der Waals surface area contributed by atoms with E-state index >= 15 is 0 Å². The Morgan fingerprint density at radius 2 is 1.79 bits per heavy atom. The number of nitrogens with one attached hydrogen (secondary N) is 3. The van der Waals surface area contributed by atoms with Gasteiger partial charge in [-0.1, -0.05) is 30.3 Å². The number of carbonyl (C=O) groups is 5. The smallest absolute Gasteiger partial charge is 0.319 e. The molecule has 0 spiro atoms. The fraction of sp³-hybridized carbons (Fsp3) is 0.296. The number of aromatic nitrogens is 1. The first kappa shape index (κ1) is 26.4. The van der Waals surface area contributed by atoms with Crippen LogP contribution in [0.15, 0.2) is 54.7 Å². The fourth-order valence-electron chi connectivity index (χ4n) is 4.51. The van der Waals surface area contributed by atoms with E-state index < -0.39 is 23.7 Å². The van der Waals surface area contributed by atoms with Gasteiger partial charge in [0.25, 0.3) is 17.6 Å². The molecule has 38 heavy (non-hydrogen) atoms. The number of piperazine rings is 1. The van der Waals surface area contributed by atoms with Crippen molar-refractivity contribution in [3.63, 3.8) is 0 Å². The quantitative estimate of drug-likeness (QED) is 0.204. The molecule has 4 amide bonds. The second kappa shape index (κ2) is 11.6. The van der Waals surface area contributed by atoms with Gasteiger partial charge in [-0.05, 0) is 31.5 Å². The second-order valence-electron chi connectivity index (χ2n) is 9.10. The van der Waals surface area contributed by atoms with Crippen LogP contribution < -0.4 is 10.6 Å². The molecule has 0 radical (unpaired) electrons. The summed E-state index contributed by atoms with van der Waals surface area (Å²) in [5, 5.41) is 14.4. The van der Waals surface area contributed by atoms with Gasteiger partial charge in [0.2, 0.25) is 0 Å². The Labute approximate surface area is 218 Å². The highest BCUT2D eigenvalue weighted by Crippen LogP contribution is 2.26. The average Bonchev–Trinajstić information content (AvgIpc) is 3.35. The predicted molar refractivity (Wildman–Crippen MR) is 140 cm³/mol. The van der Waals surface area contributed by atoms with Gasteiger partial charge in [0.05, 0.1) is 16.8 Å². The van der Waals surface area contributed by atoms with Crippen molar-refractivity contribution in [3.05, 3.63) is 65.9 Å². The molecule has 1 saturated heterocycles. The van der Waals surface area contributed by atoms with Crippen molar-refractivity contribution in [1.82, 2.24) is 20.1 Å². The maximum atomic E-state index is 13.2. The van der Waals surface area contributed by atoms with E-state index in [0.29, 0.717) is 41.7 Å². The highest BCUT2D eigenvalue weighted by Gasteiger charge is 2.34. The van der Waals surface area contributed by atoms with Gasteiger partial charge in [-0.3, -0.25) is 19.2 Å². The van der Waals surface area contributed by atoms with E-state index in [4.69, 9.17) is 5.11 Å². The third-order valence-electron chi connectivity index (χ3n) is 6.45. The summed E-state index contributed by atoms with van der Waals surface area (Å²) in [6.07, 6.45) is 1.69. The summed E-state index contributed by atoms with van der Waals surface area (Å²) in [6.45, 7) is 2.87. The maximum absolute atomic E-state index is 13.2. The van der Waals surface area contributed by atoms with Crippen LogP contribution >= 0.6 is 0 Å². The van der Waals surface area contributed by atoms with Gasteiger partial charge >= 0.3 is 12.0 Å². The van der Waals surface area contributed by atoms with Crippen molar-refractivity contribution in [2.75, 3.05) is 31.5 Å². The zero-order chi connectivity index (χ0) is 27.2. The third kappa shape index (κ3) is 5.83. The van der Waals surface area contributed by atoms with Crippen molar-refractivity contribution >= 4 is 46.2 Å². The number of para-hydroxylation sites is 1. The van der Waals surface area contributed by atoms with Crippen molar-refractivity contribution in [1.29, 1.82) is 0 Å². The summed E-state index contributed by atoms with van der Waals surface area (Å²) in [4.78, 5) is 68.2. The van der Waals surface area contributed by atoms with Crippen molar-refractivity contribution in [3.8, 4) is 0 Å². The predicted octanol–water partition coefficient (Wildman–Crippen LogP) is 2.71. The number of ketones is 1. The number of nitrogens with zero attached hydrogens (tertiary/aromatic N) is 2. The molecule has 11 nitrogen and oxygen atoms in total. The average molecular weight is 520 g/mol. The highest BCUT2D eigenvalue weighted by molar-refractivity contribution is 6.45. The van der Waals surface area contributed by atoms with Crippen molar-refractivity contribution in [2.24, 2.45) is 0 Å². The number of aromatic amines is 1. The zero-order valence-electron chi connectivity index (χ0n) is 20.9. The first-order valence-electron chi connectivity index (χ1n) is 12.3. The Balaban J connectivity index is 1.41. The van der Waals surface area contributed by atoms with Crippen LogP contribution in [0, 0.1) is 0 Å². The van der Waals surface area contributed by atoms with Crippen LogP contribution in [0.2, 0.25) is 0 Å². The lowest BCUT2D eigenvalue weighted by Crippen LogP contribution is -2.56. The molecule has 1 atom stereocenters. The van der Waals surface area contributed by atoms with Gasteiger partial charge in [-0.25, -0.2) is 4.79 Å². The number of carbonyl (C=O) groups excluding carboxylic acids is 4. The Morgan fingerprint density at radius 3 is 2.50 bits per heavy atom. The number of amides is 4. The Bertz CT molecular complexity index is 1370. The van der Waals surface area contributed by atoms with Gasteiger partial charge in [0, 0.05) is 55.8 Å². The number of Topliss-reactive ketones (excluding diaryl/α,β-unsaturated/α-hetero) is 1. The maximum Gasteiger partial charge on any atom is 0.319 e. The van der Waals surface area contributed by atoms with Crippen LogP contribution in [0.5, 0.6) is 0 Å². The van der Waals surface area contributed by atoms with Gasteiger partial charge in [0.15, 0.2) is 0 Å². The van der Waals surface area contributed by atoms with Gasteiger partial charge in [-0.2, -0.15) is 0 Å². The lowest BCUT2D eigenvalue weighted by molar-refractivity contribution is -0.137. The Morgan fingerprint density at radius 1 is 1.03 bits per heavy atom. The molecule has 4 rings (SSSR count). The van der Waals surface area contributed by atoms with Gasteiger partial charge in [-0.15, -0.1) is 0 Å². The first-order chi connectivity index (χ1) is 18.3. The summed E-state index contributed by atoms with van der Waals surface area (Å²) in [5.41, 5.74) is 1.65. The number of rotatable bonds is 8. The van der Waals surface area contributed by atoms with E-state index in [1.807, 2.05) is 13.0 Å². The number of aliphatic carboxylic acids is 1. The molecule has 1 fully saturated rings. The number of carboxylic acid groups (broad SMARTS) is 1. The monoisotopic (exact) mass is 519 g/mol. The van der Waals surface area contributed by atoms with Crippen LogP contribution in [0.1, 0.15) is 40.5 Å². The topological polar surface area (TPSA) is 152 Å². The normalized spacial score (nSPS) is 15.2. The molecule has 1 aliphatic heterocycles. The van der Waals surface area contributed by atoms with Crippen LogP contribution in [-0.2, 0) is 9.59 Å². The number of anilines is 1. The SMILES string of the molecule is CC1CN(C(=O)c2ccccc2)CCN1C(=O)C(=O)c1c[nH]c2c(NC(=O)NCCCC(=O)O)cccc12. The van der Waals surface area contributed by atoms with Crippen molar-refractivity contribution < 1.29 is 29.1 Å². The molecule has 198 valence electrons. The largest absolute Gasteiger partial charge is 0.481 e.